The third kappa shape index (κ3) is 4.45. The number of carbonyl (C=O) groups is 2. The number of amides is 2. The van der Waals surface area contributed by atoms with Gasteiger partial charge in [-0.3, -0.25) is 9.59 Å². The van der Waals surface area contributed by atoms with Gasteiger partial charge in [-0.1, -0.05) is 20.8 Å². The molecular weight excluding hydrogens is 278 g/mol. The molecule has 2 rings (SSSR count). The lowest BCUT2D eigenvalue weighted by atomic mass is 9.95. The van der Waals surface area contributed by atoms with Crippen molar-refractivity contribution in [1.82, 2.24) is 14.7 Å². The van der Waals surface area contributed by atoms with Gasteiger partial charge in [0.1, 0.15) is 0 Å². The van der Waals surface area contributed by atoms with Gasteiger partial charge in [-0.05, 0) is 38.4 Å². The fourth-order valence-corrected chi connectivity index (χ4v) is 3.41. The van der Waals surface area contributed by atoms with E-state index in [-0.39, 0.29) is 11.8 Å². The first-order chi connectivity index (χ1) is 10.5. The largest absolute Gasteiger partial charge is 0.339 e. The van der Waals surface area contributed by atoms with Crippen molar-refractivity contribution in [2.75, 3.05) is 45.8 Å². The molecule has 2 saturated heterocycles. The standard InChI is InChI=1S/C17H31N3O2/c1-4-18-7-5-15(6-8-18)17(22)20-11-9-19(10-12-20)16(21)13-14(2)3/h14-15H,4-13H2,1-3H3. The summed E-state index contributed by atoms with van der Waals surface area (Å²) in [4.78, 5) is 31.0. The Kier molecular flexibility index (Phi) is 6.24. The summed E-state index contributed by atoms with van der Waals surface area (Å²) in [5, 5.41) is 0. The van der Waals surface area contributed by atoms with Crippen molar-refractivity contribution in [1.29, 1.82) is 0 Å². The third-order valence-corrected chi connectivity index (χ3v) is 4.91. The van der Waals surface area contributed by atoms with E-state index in [0.717, 1.165) is 32.5 Å². The van der Waals surface area contributed by atoms with E-state index in [2.05, 4.69) is 25.7 Å². The van der Waals surface area contributed by atoms with E-state index in [4.69, 9.17) is 0 Å². The normalized spacial score (nSPS) is 21.5. The highest BCUT2D eigenvalue weighted by atomic mass is 16.2. The maximum Gasteiger partial charge on any atom is 0.225 e. The van der Waals surface area contributed by atoms with Gasteiger partial charge in [0, 0.05) is 38.5 Å². The first kappa shape index (κ1) is 17.3. The van der Waals surface area contributed by atoms with Crippen LogP contribution in [0.5, 0.6) is 0 Å². The first-order valence-corrected chi connectivity index (χ1v) is 8.80. The Hall–Kier alpha value is -1.10. The number of piperidine rings is 1. The molecule has 0 aromatic carbocycles. The van der Waals surface area contributed by atoms with Gasteiger partial charge in [0.2, 0.25) is 11.8 Å². The fraction of sp³-hybridized carbons (Fsp3) is 0.882. The molecule has 0 N–H and O–H groups in total. The molecule has 2 fully saturated rings. The average Bonchev–Trinajstić information content (AvgIpc) is 2.54. The lowest BCUT2D eigenvalue weighted by molar-refractivity contribution is -0.143. The van der Waals surface area contributed by atoms with Crippen molar-refractivity contribution >= 4 is 11.8 Å². The van der Waals surface area contributed by atoms with Crippen LogP contribution in [-0.2, 0) is 9.59 Å². The van der Waals surface area contributed by atoms with E-state index in [0.29, 0.717) is 44.4 Å². The number of likely N-dealkylation sites (tertiary alicyclic amines) is 1. The lowest BCUT2D eigenvalue weighted by Crippen LogP contribution is -2.53. The highest BCUT2D eigenvalue weighted by molar-refractivity contribution is 5.80. The molecule has 0 aromatic rings. The Labute approximate surface area is 134 Å². The molecule has 0 spiro atoms. The zero-order valence-corrected chi connectivity index (χ0v) is 14.4. The minimum Gasteiger partial charge on any atom is -0.339 e. The van der Waals surface area contributed by atoms with Crippen LogP contribution in [0.2, 0.25) is 0 Å². The Morgan fingerprint density at radius 3 is 2.00 bits per heavy atom. The molecule has 22 heavy (non-hydrogen) atoms. The van der Waals surface area contributed by atoms with Gasteiger partial charge in [0.25, 0.3) is 0 Å². The van der Waals surface area contributed by atoms with Crippen molar-refractivity contribution < 1.29 is 9.59 Å². The number of rotatable bonds is 4. The number of hydrogen-bond acceptors (Lipinski definition) is 3. The zero-order valence-electron chi connectivity index (χ0n) is 14.4. The second-order valence-corrected chi connectivity index (χ2v) is 7.01. The lowest BCUT2D eigenvalue weighted by Gasteiger charge is -2.38. The Morgan fingerprint density at radius 1 is 0.955 bits per heavy atom. The summed E-state index contributed by atoms with van der Waals surface area (Å²) in [6.07, 6.45) is 2.59. The van der Waals surface area contributed by atoms with Crippen molar-refractivity contribution in [3.63, 3.8) is 0 Å². The molecule has 5 nitrogen and oxygen atoms in total. The molecule has 2 amide bonds. The minimum atomic E-state index is 0.195. The molecule has 2 aliphatic rings. The quantitative estimate of drug-likeness (QED) is 0.789. The topological polar surface area (TPSA) is 43.9 Å². The number of nitrogens with zero attached hydrogens (tertiary/aromatic N) is 3. The molecule has 0 atom stereocenters. The molecule has 2 aliphatic heterocycles. The predicted octanol–water partition coefficient (Wildman–Crippen LogP) is 1.44. The van der Waals surface area contributed by atoms with Gasteiger partial charge < -0.3 is 14.7 Å². The summed E-state index contributed by atoms with van der Waals surface area (Å²) in [6, 6.07) is 0. The molecule has 0 aliphatic carbocycles. The predicted molar refractivity (Wildman–Crippen MR) is 87.5 cm³/mol. The molecule has 0 aromatic heterocycles. The zero-order chi connectivity index (χ0) is 16.1. The summed E-state index contributed by atoms with van der Waals surface area (Å²) in [6.45, 7) is 12.3. The maximum absolute atomic E-state index is 12.6. The first-order valence-electron chi connectivity index (χ1n) is 8.80. The van der Waals surface area contributed by atoms with Crippen LogP contribution in [0.3, 0.4) is 0 Å². The van der Waals surface area contributed by atoms with Gasteiger partial charge in [-0.25, -0.2) is 0 Å². The van der Waals surface area contributed by atoms with Gasteiger partial charge in [-0.15, -0.1) is 0 Å². The molecule has 0 bridgehead atoms. The highest BCUT2D eigenvalue weighted by Crippen LogP contribution is 2.20. The number of hydrogen-bond donors (Lipinski definition) is 0. The molecule has 126 valence electrons. The van der Waals surface area contributed by atoms with Crippen LogP contribution < -0.4 is 0 Å². The van der Waals surface area contributed by atoms with E-state index in [1.807, 2.05) is 9.80 Å². The second kappa shape index (κ2) is 7.95. The van der Waals surface area contributed by atoms with Gasteiger partial charge >= 0.3 is 0 Å². The van der Waals surface area contributed by atoms with Gasteiger partial charge in [0.05, 0.1) is 0 Å². The van der Waals surface area contributed by atoms with Crippen LogP contribution in [0, 0.1) is 11.8 Å². The van der Waals surface area contributed by atoms with Gasteiger partial charge in [0.15, 0.2) is 0 Å². The number of piperazine rings is 1. The molecule has 0 unspecified atom stereocenters. The van der Waals surface area contributed by atoms with Crippen LogP contribution in [0.4, 0.5) is 0 Å². The molecule has 0 radical (unpaired) electrons. The van der Waals surface area contributed by atoms with Crippen LogP contribution >= 0.6 is 0 Å². The highest BCUT2D eigenvalue weighted by Gasteiger charge is 2.30. The molecule has 5 heteroatoms. The molecular formula is C17H31N3O2. The van der Waals surface area contributed by atoms with E-state index in [1.54, 1.807) is 0 Å². The van der Waals surface area contributed by atoms with E-state index in [1.165, 1.54) is 0 Å². The Balaban J connectivity index is 1.77. The summed E-state index contributed by atoms with van der Waals surface area (Å²) < 4.78 is 0. The van der Waals surface area contributed by atoms with Crippen molar-refractivity contribution in [3.05, 3.63) is 0 Å². The molecule has 2 heterocycles. The Morgan fingerprint density at radius 2 is 1.50 bits per heavy atom. The van der Waals surface area contributed by atoms with Crippen LogP contribution in [0.25, 0.3) is 0 Å². The number of carbonyl (C=O) groups excluding carboxylic acids is 2. The fourth-order valence-electron chi connectivity index (χ4n) is 3.41. The molecule has 0 saturated carbocycles. The van der Waals surface area contributed by atoms with Crippen LogP contribution in [-0.4, -0.2) is 72.3 Å². The van der Waals surface area contributed by atoms with Crippen molar-refractivity contribution in [2.45, 2.75) is 40.0 Å². The summed E-state index contributed by atoms with van der Waals surface area (Å²) in [5.74, 6) is 1.14. The van der Waals surface area contributed by atoms with Crippen LogP contribution in [0.15, 0.2) is 0 Å². The van der Waals surface area contributed by atoms with E-state index < -0.39 is 0 Å². The second-order valence-electron chi connectivity index (χ2n) is 7.01. The average molecular weight is 309 g/mol. The van der Waals surface area contributed by atoms with Gasteiger partial charge in [-0.2, -0.15) is 0 Å². The third-order valence-electron chi connectivity index (χ3n) is 4.91. The Bertz CT molecular complexity index is 381. The van der Waals surface area contributed by atoms with Crippen LogP contribution in [0.1, 0.15) is 40.0 Å². The summed E-state index contributed by atoms with van der Waals surface area (Å²) >= 11 is 0. The maximum atomic E-state index is 12.6. The van der Waals surface area contributed by atoms with Crippen molar-refractivity contribution in [3.8, 4) is 0 Å². The summed E-state index contributed by atoms with van der Waals surface area (Å²) in [7, 11) is 0. The minimum absolute atomic E-state index is 0.195. The van der Waals surface area contributed by atoms with E-state index >= 15 is 0 Å². The monoisotopic (exact) mass is 309 g/mol. The van der Waals surface area contributed by atoms with E-state index in [9.17, 15) is 9.59 Å². The SMILES string of the molecule is CCN1CCC(C(=O)N2CCN(C(=O)CC(C)C)CC2)CC1. The smallest absolute Gasteiger partial charge is 0.225 e. The van der Waals surface area contributed by atoms with Crippen molar-refractivity contribution in [2.24, 2.45) is 11.8 Å². The summed E-state index contributed by atoms with van der Waals surface area (Å²) in [5.41, 5.74) is 0.